The van der Waals surface area contributed by atoms with Gasteiger partial charge in [-0.3, -0.25) is 0 Å². The molecule has 2 aliphatic rings. The monoisotopic (exact) mass is 513 g/mol. The Bertz CT molecular complexity index is 1140. The number of pyridine rings is 1. The van der Waals surface area contributed by atoms with Crippen molar-refractivity contribution in [2.45, 2.75) is 29.8 Å². The molecule has 2 atom stereocenters. The Morgan fingerprint density at radius 3 is 2.66 bits per heavy atom. The van der Waals surface area contributed by atoms with Gasteiger partial charge in [0.15, 0.2) is 0 Å². The SMILES string of the molecule is O=S(=O)(N[C@@H]1COc2cc(F)c(Cl)cc2[C@@H]1O)c1cc(Cl)nc(N2CC(OC(F)F)C2)c1. The van der Waals surface area contributed by atoms with Gasteiger partial charge in [0, 0.05) is 30.8 Å². The summed E-state index contributed by atoms with van der Waals surface area (Å²) in [6.07, 6.45) is -2.06. The minimum Gasteiger partial charge on any atom is -0.491 e. The normalized spacial score (nSPS) is 21.3. The molecule has 1 aromatic carbocycles. The first-order valence-electron chi connectivity index (χ1n) is 9.22. The largest absolute Gasteiger partial charge is 0.491 e. The average molecular weight is 514 g/mol. The molecule has 0 saturated carbocycles. The molecule has 32 heavy (non-hydrogen) atoms. The summed E-state index contributed by atoms with van der Waals surface area (Å²) in [4.78, 5) is 5.31. The van der Waals surface area contributed by atoms with Gasteiger partial charge in [0.05, 0.1) is 22.1 Å². The van der Waals surface area contributed by atoms with Crippen LogP contribution in [-0.2, 0) is 14.8 Å². The summed E-state index contributed by atoms with van der Waals surface area (Å²) in [5.41, 5.74) is 0.134. The smallest absolute Gasteiger partial charge is 0.345 e. The minimum atomic E-state index is -4.21. The van der Waals surface area contributed by atoms with Crippen LogP contribution in [0, 0.1) is 5.82 Å². The van der Waals surface area contributed by atoms with Crippen molar-refractivity contribution < 1.29 is 36.2 Å². The first-order chi connectivity index (χ1) is 15.0. The highest BCUT2D eigenvalue weighted by Crippen LogP contribution is 2.36. The number of hydrogen-bond donors (Lipinski definition) is 2. The molecule has 0 radical (unpaired) electrons. The fraction of sp³-hybridized carbons (Fsp3) is 0.389. The zero-order chi connectivity index (χ0) is 23.2. The molecule has 1 saturated heterocycles. The summed E-state index contributed by atoms with van der Waals surface area (Å²) in [6, 6.07) is 3.41. The Kier molecular flexibility index (Phi) is 6.45. The Balaban J connectivity index is 1.51. The molecule has 2 N–H and O–H groups in total. The maximum absolute atomic E-state index is 13.6. The number of aromatic nitrogens is 1. The lowest BCUT2D eigenvalue weighted by Crippen LogP contribution is -2.53. The summed E-state index contributed by atoms with van der Waals surface area (Å²) >= 11 is 11.7. The van der Waals surface area contributed by atoms with Gasteiger partial charge in [0.25, 0.3) is 0 Å². The average Bonchev–Trinajstić information content (AvgIpc) is 2.67. The zero-order valence-corrected chi connectivity index (χ0v) is 18.3. The number of ether oxygens (including phenoxy) is 2. The van der Waals surface area contributed by atoms with Crippen LogP contribution in [0.5, 0.6) is 5.75 Å². The van der Waals surface area contributed by atoms with Crippen LogP contribution in [0.4, 0.5) is 19.0 Å². The summed E-state index contributed by atoms with van der Waals surface area (Å²) in [7, 11) is -4.21. The number of sulfonamides is 1. The lowest BCUT2D eigenvalue weighted by molar-refractivity contribution is -0.167. The number of hydrogen-bond acceptors (Lipinski definition) is 7. The van der Waals surface area contributed by atoms with E-state index in [1.807, 2.05) is 0 Å². The summed E-state index contributed by atoms with van der Waals surface area (Å²) < 4.78 is 76.1. The third-order valence-electron chi connectivity index (χ3n) is 5.01. The van der Waals surface area contributed by atoms with Crippen LogP contribution in [-0.4, -0.2) is 57.0 Å². The van der Waals surface area contributed by atoms with E-state index in [0.29, 0.717) is 0 Å². The minimum absolute atomic E-state index is 0.0578. The molecular formula is C18H16Cl2F3N3O5S. The van der Waals surface area contributed by atoms with Gasteiger partial charge in [-0.25, -0.2) is 22.5 Å². The van der Waals surface area contributed by atoms with Crippen molar-refractivity contribution in [3.8, 4) is 5.75 Å². The van der Waals surface area contributed by atoms with E-state index in [1.165, 1.54) is 17.0 Å². The van der Waals surface area contributed by atoms with Crippen molar-refractivity contribution in [2.24, 2.45) is 0 Å². The summed E-state index contributed by atoms with van der Waals surface area (Å²) in [5.74, 6) is -0.509. The molecule has 0 aliphatic carbocycles. The van der Waals surface area contributed by atoms with Crippen molar-refractivity contribution in [3.63, 3.8) is 0 Å². The molecule has 2 aliphatic heterocycles. The molecule has 4 rings (SSSR count). The van der Waals surface area contributed by atoms with Gasteiger partial charge >= 0.3 is 6.61 Å². The van der Waals surface area contributed by atoms with Gasteiger partial charge in [-0.1, -0.05) is 23.2 Å². The second-order valence-corrected chi connectivity index (χ2v) is 9.70. The van der Waals surface area contributed by atoms with Gasteiger partial charge in [0.2, 0.25) is 10.0 Å². The maximum atomic E-state index is 13.6. The highest BCUT2D eigenvalue weighted by molar-refractivity contribution is 7.89. The predicted octanol–water partition coefficient (Wildman–Crippen LogP) is 2.73. The van der Waals surface area contributed by atoms with Crippen LogP contribution in [0.3, 0.4) is 0 Å². The number of rotatable bonds is 6. The molecule has 174 valence electrons. The van der Waals surface area contributed by atoms with E-state index in [9.17, 15) is 26.7 Å². The van der Waals surface area contributed by atoms with E-state index in [-0.39, 0.29) is 51.9 Å². The van der Waals surface area contributed by atoms with E-state index >= 15 is 0 Å². The lowest BCUT2D eigenvalue weighted by atomic mass is 10.00. The molecule has 1 aromatic heterocycles. The van der Waals surface area contributed by atoms with Crippen molar-refractivity contribution >= 4 is 39.0 Å². The molecule has 8 nitrogen and oxygen atoms in total. The number of aliphatic hydroxyl groups excluding tert-OH is 1. The molecule has 0 amide bonds. The topological polar surface area (TPSA) is 101 Å². The van der Waals surface area contributed by atoms with E-state index in [2.05, 4.69) is 14.4 Å². The van der Waals surface area contributed by atoms with E-state index in [1.54, 1.807) is 0 Å². The molecule has 14 heteroatoms. The van der Waals surface area contributed by atoms with Crippen LogP contribution < -0.4 is 14.4 Å². The molecule has 3 heterocycles. The van der Waals surface area contributed by atoms with Crippen LogP contribution in [0.15, 0.2) is 29.2 Å². The Morgan fingerprint density at radius 1 is 1.25 bits per heavy atom. The number of nitrogens with zero attached hydrogens (tertiary/aromatic N) is 2. The van der Waals surface area contributed by atoms with Crippen molar-refractivity contribution in [1.82, 2.24) is 9.71 Å². The van der Waals surface area contributed by atoms with Gasteiger partial charge in [0.1, 0.15) is 35.2 Å². The van der Waals surface area contributed by atoms with Gasteiger partial charge in [-0.15, -0.1) is 0 Å². The number of fused-ring (bicyclic) bond motifs is 1. The van der Waals surface area contributed by atoms with Crippen LogP contribution in [0.2, 0.25) is 10.2 Å². The number of alkyl halides is 2. The summed E-state index contributed by atoms with van der Waals surface area (Å²) in [6.45, 7) is -2.99. The van der Waals surface area contributed by atoms with Crippen LogP contribution in [0.1, 0.15) is 11.7 Å². The van der Waals surface area contributed by atoms with Crippen LogP contribution in [0.25, 0.3) is 0 Å². The number of benzene rings is 1. The summed E-state index contributed by atoms with van der Waals surface area (Å²) in [5, 5.41) is 10.2. The van der Waals surface area contributed by atoms with Gasteiger partial charge in [-0.2, -0.15) is 8.78 Å². The number of nitrogens with one attached hydrogen (secondary N) is 1. The number of anilines is 1. The Morgan fingerprint density at radius 2 is 1.97 bits per heavy atom. The second kappa shape index (κ2) is 8.84. The Hall–Kier alpha value is -1.83. The Labute approximate surface area is 190 Å². The lowest BCUT2D eigenvalue weighted by Gasteiger charge is -2.39. The third kappa shape index (κ3) is 4.75. The molecule has 0 spiro atoms. The van der Waals surface area contributed by atoms with Gasteiger partial charge < -0.3 is 19.5 Å². The number of aliphatic hydroxyl groups is 1. The molecule has 1 fully saturated rings. The highest BCUT2D eigenvalue weighted by atomic mass is 35.5. The maximum Gasteiger partial charge on any atom is 0.345 e. The van der Waals surface area contributed by atoms with Crippen molar-refractivity contribution in [3.05, 3.63) is 45.8 Å². The van der Waals surface area contributed by atoms with E-state index in [4.69, 9.17) is 27.9 Å². The highest BCUT2D eigenvalue weighted by Gasteiger charge is 2.35. The van der Waals surface area contributed by atoms with Crippen molar-refractivity contribution in [2.75, 3.05) is 24.6 Å². The van der Waals surface area contributed by atoms with Crippen molar-refractivity contribution in [1.29, 1.82) is 0 Å². The van der Waals surface area contributed by atoms with Crippen LogP contribution >= 0.6 is 23.2 Å². The zero-order valence-electron chi connectivity index (χ0n) is 16.0. The molecule has 0 unspecified atom stereocenters. The standard InChI is InChI=1S/C18H16Cl2F3N3O5S/c19-11-3-10-14(4-12(11)21)30-7-13(17(10)27)25-32(28,29)9-1-15(20)24-16(2-9)26-5-8(6-26)31-18(22)23/h1-4,8,13,17-18,25,27H,5-7H2/t13-,17+/m1/s1. The fourth-order valence-corrected chi connectivity index (χ4v) is 5.09. The predicted molar refractivity (Wildman–Crippen MR) is 108 cm³/mol. The fourth-order valence-electron chi connectivity index (χ4n) is 3.39. The van der Waals surface area contributed by atoms with E-state index in [0.717, 1.165) is 12.1 Å². The quantitative estimate of drug-likeness (QED) is 0.572. The van der Waals surface area contributed by atoms with Gasteiger partial charge in [-0.05, 0) is 12.1 Å². The first kappa shape index (κ1) is 23.3. The first-order valence-corrected chi connectivity index (χ1v) is 11.5. The second-order valence-electron chi connectivity index (χ2n) is 7.20. The third-order valence-corrected chi connectivity index (χ3v) is 6.96. The molecule has 2 aromatic rings. The van der Waals surface area contributed by atoms with E-state index < -0.39 is 40.7 Å². The molecular weight excluding hydrogens is 498 g/mol. The number of halogens is 5. The molecule has 0 bridgehead atoms.